The van der Waals surface area contributed by atoms with Gasteiger partial charge in [0.2, 0.25) is 0 Å². The Morgan fingerprint density at radius 3 is 1.43 bits per heavy atom. The van der Waals surface area contributed by atoms with Crippen molar-refractivity contribution in [3.05, 3.63) is 140 Å². The zero-order valence-electron chi connectivity index (χ0n) is 39.7. The Bertz CT molecular complexity index is 3140. The van der Waals surface area contributed by atoms with Crippen molar-refractivity contribution in [2.75, 3.05) is 46.9 Å². The number of nitrogens with one attached hydrogen (secondary N) is 2. The number of rotatable bonds is 13. The topological polar surface area (TPSA) is 157 Å². The Hall–Kier alpha value is -6.96. The van der Waals surface area contributed by atoms with Gasteiger partial charge in [-0.25, -0.2) is 9.97 Å². The van der Waals surface area contributed by atoms with Gasteiger partial charge in [0.25, 0.3) is 22.9 Å². The molecular formula is C48H44F12N8O4S2. The van der Waals surface area contributed by atoms with E-state index in [9.17, 15) is 71.9 Å². The van der Waals surface area contributed by atoms with Crippen molar-refractivity contribution in [2.24, 2.45) is 0 Å². The van der Waals surface area contributed by atoms with Crippen LogP contribution in [0, 0.1) is 0 Å². The minimum atomic E-state index is -4.86. The summed E-state index contributed by atoms with van der Waals surface area (Å²) in [5.74, 6) is -0.635. The maximum Gasteiger partial charge on any atom is 0.431 e. The number of carbonyl (C=O) groups excluding carboxylic acids is 2. The SMILES string of the molecule is CCSc1ccc(-c2ccc(C(F)(F)F)cc2)nc1C(=O)N(C)c1c(N)cc(C(F)(F)F)n(CC)c1=O.CCSc1ccc(-c2ccc(C(F)(F)F)cc2)nc1C(=O)Nc1cc(C(F)(F)F)n(CC)c(=O)c1NC. The van der Waals surface area contributed by atoms with Crippen LogP contribution in [0.2, 0.25) is 0 Å². The smallest absolute Gasteiger partial charge is 0.397 e. The van der Waals surface area contributed by atoms with Gasteiger partial charge in [0.15, 0.2) is 0 Å². The molecule has 0 saturated carbocycles. The number of hydrogen-bond acceptors (Lipinski definition) is 10. The maximum atomic E-state index is 13.6. The molecule has 4 aromatic heterocycles. The lowest BCUT2D eigenvalue weighted by atomic mass is 10.1. The van der Waals surface area contributed by atoms with Crippen LogP contribution in [0.1, 0.15) is 71.2 Å². The number of alkyl halides is 12. The second-order valence-corrected chi connectivity index (χ2v) is 18.0. The Kier molecular flexibility index (Phi) is 18.1. The highest BCUT2D eigenvalue weighted by atomic mass is 32.2. The highest BCUT2D eigenvalue weighted by molar-refractivity contribution is 7.99. The molecule has 0 unspecified atom stereocenters. The molecule has 0 bridgehead atoms. The van der Waals surface area contributed by atoms with E-state index in [-0.39, 0.29) is 47.2 Å². The van der Waals surface area contributed by atoms with Crippen LogP contribution in [-0.2, 0) is 37.8 Å². The molecule has 0 saturated heterocycles. The Labute approximate surface area is 422 Å². The molecule has 2 aromatic carbocycles. The highest BCUT2D eigenvalue weighted by Crippen LogP contribution is 2.37. The average Bonchev–Trinajstić information content (AvgIpc) is 3.33. The van der Waals surface area contributed by atoms with Gasteiger partial charge in [-0.05, 0) is 86.0 Å². The van der Waals surface area contributed by atoms with E-state index in [1.807, 2.05) is 13.8 Å². The molecule has 0 aliphatic carbocycles. The number of benzene rings is 2. The van der Waals surface area contributed by atoms with Crippen molar-refractivity contribution >= 4 is 58.1 Å². The van der Waals surface area contributed by atoms with Gasteiger partial charge >= 0.3 is 24.7 Å². The second-order valence-electron chi connectivity index (χ2n) is 15.4. The lowest BCUT2D eigenvalue weighted by molar-refractivity contribution is -0.144. The van der Waals surface area contributed by atoms with E-state index in [1.165, 1.54) is 87.9 Å². The number of carbonyl (C=O) groups is 2. The second kappa shape index (κ2) is 23.1. The Balaban J connectivity index is 0.000000274. The van der Waals surface area contributed by atoms with Crippen LogP contribution >= 0.6 is 23.5 Å². The first kappa shape index (κ1) is 57.9. The number of nitrogens with zero attached hydrogens (tertiary/aromatic N) is 5. The summed E-state index contributed by atoms with van der Waals surface area (Å²) >= 11 is 2.50. The summed E-state index contributed by atoms with van der Waals surface area (Å²) < 4.78 is 160. The molecule has 4 N–H and O–H groups in total. The number of halogens is 12. The molecule has 0 spiro atoms. The minimum Gasteiger partial charge on any atom is -0.397 e. The molecule has 0 fully saturated rings. The lowest BCUT2D eigenvalue weighted by Gasteiger charge is -2.23. The van der Waals surface area contributed by atoms with Crippen LogP contribution in [0.25, 0.3) is 22.5 Å². The van der Waals surface area contributed by atoms with E-state index >= 15 is 0 Å². The predicted octanol–water partition coefficient (Wildman–Crippen LogP) is 12.3. The van der Waals surface area contributed by atoms with Crippen LogP contribution in [-0.4, -0.2) is 56.5 Å². The summed E-state index contributed by atoms with van der Waals surface area (Å²) in [7, 11) is 2.52. The van der Waals surface area contributed by atoms with Gasteiger partial charge in [-0.2, -0.15) is 52.7 Å². The van der Waals surface area contributed by atoms with Gasteiger partial charge in [0.1, 0.15) is 34.2 Å². The van der Waals surface area contributed by atoms with Crippen molar-refractivity contribution in [2.45, 2.75) is 75.3 Å². The van der Waals surface area contributed by atoms with Gasteiger partial charge in [0.05, 0.1) is 33.9 Å². The van der Waals surface area contributed by atoms with Gasteiger partial charge in [-0.15, -0.1) is 23.5 Å². The number of anilines is 4. The molecule has 6 aromatic rings. The number of amides is 2. The summed E-state index contributed by atoms with van der Waals surface area (Å²) in [6.45, 7) is 5.81. The van der Waals surface area contributed by atoms with Gasteiger partial charge in [0, 0.05) is 48.1 Å². The number of aromatic nitrogens is 4. The summed E-state index contributed by atoms with van der Waals surface area (Å²) in [5, 5.41) is 4.89. The molecular weight excluding hydrogens is 1040 g/mol. The summed E-state index contributed by atoms with van der Waals surface area (Å²) in [6, 6.07) is 15.8. The van der Waals surface area contributed by atoms with Crippen molar-refractivity contribution in [1.29, 1.82) is 0 Å². The van der Waals surface area contributed by atoms with E-state index in [1.54, 1.807) is 12.1 Å². The molecule has 396 valence electrons. The summed E-state index contributed by atoms with van der Waals surface area (Å²) in [6.07, 6.45) is -18.7. The number of thioether (sulfide) groups is 2. The number of hydrogen-bond donors (Lipinski definition) is 3. The molecule has 12 nitrogen and oxygen atoms in total. The molecule has 0 radical (unpaired) electrons. The van der Waals surface area contributed by atoms with Gasteiger partial charge in [-0.1, -0.05) is 38.1 Å². The number of pyridine rings is 4. The van der Waals surface area contributed by atoms with Crippen molar-refractivity contribution in [3.8, 4) is 22.5 Å². The van der Waals surface area contributed by atoms with Gasteiger partial charge in [-0.3, -0.25) is 19.2 Å². The van der Waals surface area contributed by atoms with Crippen molar-refractivity contribution in [1.82, 2.24) is 19.1 Å². The van der Waals surface area contributed by atoms with Crippen LogP contribution < -0.4 is 32.4 Å². The third-order valence-electron chi connectivity index (χ3n) is 10.7. The first-order valence-electron chi connectivity index (χ1n) is 21.9. The zero-order chi connectivity index (χ0) is 55.2. The maximum absolute atomic E-state index is 13.6. The van der Waals surface area contributed by atoms with E-state index in [0.717, 1.165) is 29.2 Å². The van der Waals surface area contributed by atoms with E-state index in [0.29, 0.717) is 53.7 Å². The highest BCUT2D eigenvalue weighted by Gasteiger charge is 2.38. The Morgan fingerprint density at radius 1 is 0.608 bits per heavy atom. The van der Waals surface area contributed by atoms with Crippen LogP contribution in [0.15, 0.2) is 104 Å². The summed E-state index contributed by atoms with van der Waals surface area (Å²) in [5.41, 5.74) is -1.37. The molecule has 2 amide bonds. The zero-order valence-corrected chi connectivity index (χ0v) is 41.3. The number of nitrogen functional groups attached to an aromatic ring is 1. The first-order valence-corrected chi connectivity index (χ1v) is 23.8. The van der Waals surface area contributed by atoms with Crippen LogP contribution in [0.4, 0.5) is 75.4 Å². The largest absolute Gasteiger partial charge is 0.431 e. The predicted molar refractivity (Wildman–Crippen MR) is 260 cm³/mol. The van der Waals surface area contributed by atoms with E-state index < -0.39 is 81.5 Å². The molecule has 6 rings (SSSR count). The number of nitrogens with two attached hydrogens (primary N) is 1. The Morgan fingerprint density at radius 2 is 1.03 bits per heavy atom. The standard InChI is InChI=1S/2C24H22F6N4O2S/c1-4-34-18(24(28,29)30)12-15(31)20(22(34)36)33(3)21(35)19-17(37-5-2)11-10-16(32-19)13-6-8-14(9-7-13)23(25,26)27;1-4-34-18(24(28,29)30)12-16(19(31-3)22(34)36)33-21(35)20-17(37-5-2)11-10-15(32-20)13-6-8-14(9-7-13)23(25,26)27/h6-12H,4-5,31H2,1-3H3;6-12,31H,4-5H2,1-3H3,(H,33,35). The lowest BCUT2D eigenvalue weighted by Crippen LogP contribution is -2.37. The fourth-order valence-electron chi connectivity index (χ4n) is 7.25. The van der Waals surface area contributed by atoms with Crippen molar-refractivity contribution in [3.63, 3.8) is 0 Å². The molecule has 0 atom stereocenters. The first-order chi connectivity index (χ1) is 34.5. The molecule has 74 heavy (non-hydrogen) atoms. The van der Waals surface area contributed by atoms with E-state index in [4.69, 9.17) is 5.73 Å². The van der Waals surface area contributed by atoms with Gasteiger partial charge < -0.3 is 30.4 Å². The fraction of sp³-hybridized carbons (Fsp3) is 0.292. The molecule has 4 heterocycles. The third kappa shape index (κ3) is 13.0. The van der Waals surface area contributed by atoms with Crippen molar-refractivity contribution < 1.29 is 62.3 Å². The van der Waals surface area contributed by atoms with Crippen LogP contribution in [0.3, 0.4) is 0 Å². The quantitative estimate of drug-likeness (QED) is 0.0751. The monoisotopic (exact) mass is 1090 g/mol. The molecule has 26 heteroatoms. The minimum absolute atomic E-state index is 0.131. The third-order valence-corrected chi connectivity index (χ3v) is 12.6. The van der Waals surface area contributed by atoms with E-state index in [2.05, 4.69) is 20.6 Å². The fourth-order valence-corrected chi connectivity index (χ4v) is 8.75. The van der Waals surface area contributed by atoms with Crippen LogP contribution in [0.5, 0.6) is 0 Å². The summed E-state index contributed by atoms with van der Waals surface area (Å²) in [4.78, 5) is 62.6. The molecule has 0 aliphatic heterocycles. The average molecular weight is 1090 g/mol. The normalized spacial score (nSPS) is 12.0. The molecule has 0 aliphatic rings.